The lowest BCUT2D eigenvalue weighted by molar-refractivity contribution is 0.510. The maximum absolute atomic E-state index is 3.53. The summed E-state index contributed by atoms with van der Waals surface area (Å²) in [7, 11) is 0. The Morgan fingerprint density at radius 2 is 2.07 bits per heavy atom. The van der Waals surface area contributed by atoms with Crippen LogP contribution < -0.4 is 5.32 Å². The van der Waals surface area contributed by atoms with E-state index < -0.39 is 0 Å². The van der Waals surface area contributed by atoms with E-state index in [1.807, 2.05) is 0 Å². The molecule has 0 bridgehead atoms. The van der Waals surface area contributed by atoms with Crippen LogP contribution in [-0.4, -0.2) is 12.6 Å². The fraction of sp³-hybridized carbons (Fsp3) is 0.385. The number of nitrogens with one attached hydrogen (secondary N) is 1. The minimum atomic E-state index is 0.506. The van der Waals surface area contributed by atoms with Crippen LogP contribution in [0.1, 0.15) is 24.8 Å². The molecule has 14 heavy (non-hydrogen) atoms. The lowest BCUT2D eigenvalue weighted by Crippen LogP contribution is -2.34. The molecule has 74 valence electrons. The summed E-state index contributed by atoms with van der Waals surface area (Å²) in [5.74, 6) is 0.563. The van der Waals surface area contributed by atoms with Gasteiger partial charge in [-0.1, -0.05) is 49.4 Å². The van der Waals surface area contributed by atoms with Crippen LogP contribution in [0.5, 0.6) is 0 Å². The van der Waals surface area contributed by atoms with Crippen molar-refractivity contribution in [3.05, 3.63) is 48.0 Å². The van der Waals surface area contributed by atoms with Crippen LogP contribution in [0.3, 0.4) is 0 Å². The zero-order valence-corrected chi connectivity index (χ0v) is 8.61. The van der Waals surface area contributed by atoms with Gasteiger partial charge >= 0.3 is 0 Å². The smallest absolute Gasteiger partial charge is 0.0316 e. The molecule has 1 aliphatic rings. The quantitative estimate of drug-likeness (QED) is 0.702. The van der Waals surface area contributed by atoms with Crippen LogP contribution >= 0.6 is 0 Å². The molecular formula is C13H17N. The Balaban J connectivity index is 2.11. The van der Waals surface area contributed by atoms with Gasteiger partial charge in [-0.25, -0.2) is 0 Å². The van der Waals surface area contributed by atoms with Gasteiger partial charge in [0.25, 0.3) is 0 Å². The normalized spacial score (nSPS) is 23.4. The van der Waals surface area contributed by atoms with E-state index in [0.29, 0.717) is 12.0 Å². The van der Waals surface area contributed by atoms with Crippen molar-refractivity contribution in [1.82, 2.24) is 5.32 Å². The zero-order valence-electron chi connectivity index (χ0n) is 8.61. The number of hydrogen-bond donors (Lipinski definition) is 1. The Kier molecular flexibility index (Phi) is 3.00. The van der Waals surface area contributed by atoms with E-state index in [9.17, 15) is 0 Å². The first-order valence-electron chi connectivity index (χ1n) is 5.33. The predicted octanol–water partition coefficient (Wildman–Crippen LogP) is 2.71. The van der Waals surface area contributed by atoms with Crippen molar-refractivity contribution < 1.29 is 0 Å². The van der Waals surface area contributed by atoms with Gasteiger partial charge in [0.2, 0.25) is 0 Å². The van der Waals surface area contributed by atoms with Crippen molar-refractivity contribution in [3.63, 3.8) is 0 Å². The van der Waals surface area contributed by atoms with Crippen LogP contribution in [0.4, 0.5) is 0 Å². The highest BCUT2D eigenvalue weighted by Crippen LogP contribution is 2.20. The van der Waals surface area contributed by atoms with Gasteiger partial charge in [0.05, 0.1) is 0 Å². The van der Waals surface area contributed by atoms with Crippen molar-refractivity contribution in [2.45, 2.75) is 25.3 Å². The van der Waals surface area contributed by atoms with Crippen molar-refractivity contribution >= 4 is 0 Å². The van der Waals surface area contributed by atoms with Crippen LogP contribution in [0.2, 0.25) is 0 Å². The molecule has 1 aliphatic heterocycles. The molecule has 1 aromatic carbocycles. The molecular weight excluding hydrogens is 170 g/mol. The van der Waals surface area contributed by atoms with Gasteiger partial charge in [0, 0.05) is 6.04 Å². The molecule has 0 radical (unpaired) electrons. The maximum atomic E-state index is 3.53. The second kappa shape index (κ2) is 4.43. The molecule has 0 fully saturated rings. The lowest BCUT2D eigenvalue weighted by atomic mass is 9.91. The third-order valence-corrected chi connectivity index (χ3v) is 2.90. The van der Waals surface area contributed by atoms with Gasteiger partial charge in [-0.3, -0.25) is 0 Å². The molecule has 1 heterocycles. The highest BCUT2D eigenvalue weighted by atomic mass is 14.9. The fourth-order valence-electron chi connectivity index (χ4n) is 1.95. The van der Waals surface area contributed by atoms with Gasteiger partial charge in [-0.2, -0.15) is 0 Å². The molecule has 1 nitrogen and oxygen atoms in total. The molecule has 2 rings (SSSR count). The zero-order chi connectivity index (χ0) is 9.80. The summed E-state index contributed by atoms with van der Waals surface area (Å²) in [6, 6.07) is 11.2. The van der Waals surface area contributed by atoms with Crippen molar-refractivity contribution in [2.24, 2.45) is 0 Å². The van der Waals surface area contributed by atoms with Crippen LogP contribution in [-0.2, 0) is 0 Å². The SMILES string of the molecule is C[C@@H](c1ccccc1)[C@@H]1C=CCCN1. The minimum absolute atomic E-state index is 0.506. The number of hydrogen-bond acceptors (Lipinski definition) is 1. The van der Waals surface area contributed by atoms with Gasteiger partial charge in [0.1, 0.15) is 0 Å². The highest BCUT2D eigenvalue weighted by Gasteiger charge is 2.16. The lowest BCUT2D eigenvalue weighted by Gasteiger charge is -2.25. The Morgan fingerprint density at radius 1 is 1.29 bits per heavy atom. The summed E-state index contributed by atoms with van der Waals surface area (Å²) < 4.78 is 0. The van der Waals surface area contributed by atoms with Gasteiger partial charge in [0.15, 0.2) is 0 Å². The highest BCUT2D eigenvalue weighted by molar-refractivity contribution is 5.23. The standard InChI is InChI=1S/C13H17N/c1-11(12-7-3-2-4-8-12)13-9-5-6-10-14-13/h2-5,7-9,11,13-14H,6,10H2,1H3/t11-,13-/m0/s1. The third kappa shape index (κ3) is 2.05. The first kappa shape index (κ1) is 9.47. The molecule has 1 aromatic rings. The summed E-state index contributed by atoms with van der Waals surface area (Å²) in [5, 5.41) is 3.53. The average Bonchev–Trinajstić information content (AvgIpc) is 2.30. The van der Waals surface area contributed by atoms with Crippen LogP contribution in [0.15, 0.2) is 42.5 Å². The largest absolute Gasteiger partial charge is 0.310 e. The molecule has 0 spiro atoms. The second-order valence-corrected chi connectivity index (χ2v) is 3.90. The van der Waals surface area contributed by atoms with Crippen molar-refractivity contribution in [2.75, 3.05) is 6.54 Å². The molecule has 1 N–H and O–H groups in total. The van der Waals surface area contributed by atoms with Crippen LogP contribution in [0.25, 0.3) is 0 Å². The van der Waals surface area contributed by atoms with E-state index in [1.54, 1.807) is 0 Å². The molecule has 0 saturated carbocycles. The third-order valence-electron chi connectivity index (χ3n) is 2.90. The average molecular weight is 187 g/mol. The molecule has 0 amide bonds. The van der Waals surface area contributed by atoms with E-state index in [4.69, 9.17) is 0 Å². The van der Waals surface area contributed by atoms with Crippen LogP contribution in [0, 0.1) is 0 Å². The molecule has 0 saturated heterocycles. The minimum Gasteiger partial charge on any atom is -0.310 e. The van der Waals surface area contributed by atoms with Crippen molar-refractivity contribution in [3.8, 4) is 0 Å². The summed E-state index contributed by atoms with van der Waals surface area (Å²) in [6.45, 7) is 3.39. The molecule has 0 unspecified atom stereocenters. The predicted molar refractivity (Wildman–Crippen MR) is 60.4 cm³/mol. The monoisotopic (exact) mass is 187 g/mol. The van der Waals surface area contributed by atoms with Gasteiger partial charge in [-0.15, -0.1) is 0 Å². The van der Waals surface area contributed by atoms with Crippen molar-refractivity contribution in [1.29, 1.82) is 0 Å². The Morgan fingerprint density at radius 3 is 2.71 bits per heavy atom. The van der Waals surface area contributed by atoms with E-state index >= 15 is 0 Å². The summed E-state index contributed by atoms with van der Waals surface area (Å²) >= 11 is 0. The van der Waals surface area contributed by atoms with E-state index in [0.717, 1.165) is 13.0 Å². The summed E-state index contributed by atoms with van der Waals surface area (Å²) in [6.07, 6.45) is 5.74. The second-order valence-electron chi connectivity index (χ2n) is 3.90. The summed E-state index contributed by atoms with van der Waals surface area (Å²) in [5.41, 5.74) is 1.41. The maximum Gasteiger partial charge on any atom is 0.0316 e. The molecule has 1 heteroatoms. The van der Waals surface area contributed by atoms with E-state index in [-0.39, 0.29) is 0 Å². The molecule has 0 aromatic heterocycles. The number of benzene rings is 1. The van der Waals surface area contributed by atoms with E-state index in [2.05, 4.69) is 54.7 Å². The first-order valence-corrected chi connectivity index (χ1v) is 5.33. The topological polar surface area (TPSA) is 12.0 Å². The van der Waals surface area contributed by atoms with Gasteiger partial charge in [-0.05, 0) is 24.4 Å². The Hall–Kier alpha value is -1.08. The van der Waals surface area contributed by atoms with Gasteiger partial charge < -0.3 is 5.32 Å². The molecule has 2 atom stereocenters. The fourth-order valence-corrected chi connectivity index (χ4v) is 1.95. The molecule has 0 aliphatic carbocycles. The Labute approximate surface area is 85.8 Å². The summed E-state index contributed by atoms with van der Waals surface area (Å²) in [4.78, 5) is 0. The number of rotatable bonds is 2. The Bertz CT molecular complexity index is 302. The van der Waals surface area contributed by atoms with E-state index in [1.165, 1.54) is 5.56 Å². The first-order chi connectivity index (χ1) is 6.88.